The molecule has 2 rings (SSSR count). The third kappa shape index (κ3) is 4.87. The van der Waals surface area contributed by atoms with E-state index in [0.29, 0.717) is 0 Å². The Morgan fingerprint density at radius 3 is 2.50 bits per heavy atom. The largest absolute Gasteiger partial charge is 0.492 e. The lowest BCUT2D eigenvalue weighted by Crippen LogP contribution is -2.12. The van der Waals surface area contributed by atoms with Crippen molar-refractivity contribution in [2.75, 3.05) is 11.9 Å². The molecule has 0 aliphatic carbocycles. The van der Waals surface area contributed by atoms with Crippen LogP contribution in [-0.4, -0.2) is 12.5 Å². The van der Waals surface area contributed by atoms with Gasteiger partial charge in [0.05, 0.1) is 17.9 Å². The van der Waals surface area contributed by atoms with Crippen LogP contribution in [0.15, 0.2) is 54.6 Å². The molecule has 2 aromatic rings. The normalized spacial score (nSPS) is 11.5. The highest BCUT2D eigenvalue weighted by molar-refractivity contribution is 6.02. The van der Waals surface area contributed by atoms with E-state index in [0.717, 1.165) is 17.7 Å². The highest BCUT2D eigenvalue weighted by Gasteiger charge is 2.31. The zero-order valence-corrected chi connectivity index (χ0v) is 12.9. The molecular weight excluding hydrogens is 319 g/mol. The average molecular weight is 335 g/mol. The van der Waals surface area contributed by atoms with Crippen LogP contribution in [0.3, 0.4) is 0 Å². The highest BCUT2D eigenvalue weighted by atomic mass is 19.4. The molecule has 0 spiro atoms. The van der Waals surface area contributed by atoms with E-state index in [1.165, 1.54) is 12.1 Å². The van der Waals surface area contributed by atoms with Gasteiger partial charge in [0.25, 0.3) is 0 Å². The van der Waals surface area contributed by atoms with E-state index in [4.69, 9.17) is 4.74 Å². The third-order valence-corrected chi connectivity index (χ3v) is 3.09. The molecular formula is C18H16F3NO2. The molecule has 0 aromatic heterocycles. The van der Waals surface area contributed by atoms with Crippen molar-refractivity contribution in [2.24, 2.45) is 0 Å². The summed E-state index contributed by atoms with van der Waals surface area (Å²) in [5.74, 6) is -0.355. The molecule has 0 aliphatic rings. The molecule has 0 aliphatic heterocycles. The van der Waals surface area contributed by atoms with E-state index in [-0.39, 0.29) is 18.0 Å². The van der Waals surface area contributed by atoms with Crippen molar-refractivity contribution < 1.29 is 22.7 Å². The summed E-state index contributed by atoms with van der Waals surface area (Å²) in [5, 5.41) is 2.43. The molecule has 2 aromatic carbocycles. The van der Waals surface area contributed by atoms with Crippen molar-refractivity contribution in [2.45, 2.75) is 13.1 Å². The van der Waals surface area contributed by atoms with Crippen LogP contribution in [0, 0.1) is 0 Å². The summed E-state index contributed by atoms with van der Waals surface area (Å²) in [7, 11) is 0. The van der Waals surface area contributed by atoms with Gasteiger partial charge in [-0.05, 0) is 36.8 Å². The number of carbonyl (C=O) groups excluding carboxylic acids is 1. The van der Waals surface area contributed by atoms with Crippen molar-refractivity contribution in [1.29, 1.82) is 0 Å². The van der Waals surface area contributed by atoms with Gasteiger partial charge in [0.1, 0.15) is 5.75 Å². The summed E-state index contributed by atoms with van der Waals surface area (Å²) < 4.78 is 43.7. The van der Waals surface area contributed by atoms with Gasteiger partial charge in [0, 0.05) is 6.08 Å². The summed E-state index contributed by atoms with van der Waals surface area (Å²) >= 11 is 0. The van der Waals surface area contributed by atoms with Crippen molar-refractivity contribution >= 4 is 17.7 Å². The molecule has 0 unspecified atom stereocenters. The number of nitrogens with one attached hydrogen (secondary N) is 1. The lowest BCUT2D eigenvalue weighted by Gasteiger charge is -2.14. The topological polar surface area (TPSA) is 38.3 Å². The van der Waals surface area contributed by atoms with Gasteiger partial charge in [0.2, 0.25) is 5.91 Å². The number of carbonyl (C=O) groups is 1. The predicted octanol–water partition coefficient (Wildman–Crippen LogP) is 4.76. The Labute approximate surface area is 137 Å². The molecule has 0 saturated heterocycles. The fraction of sp³-hybridized carbons (Fsp3) is 0.167. The summed E-state index contributed by atoms with van der Waals surface area (Å²) in [6.07, 6.45) is -1.67. The first kappa shape index (κ1) is 17.6. The molecule has 1 amide bonds. The maximum absolute atomic E-state index is 12.8. The number of benzene rings is 2. The Kier molecular flexibility index (Phi) is 5.63. The van der Waals surface area contributed by atoms with Gasteiger partial charge in [-0.3, -0.25) is 4.79 Å². The molecule has 1 N–H and O–H groups in total. The van der Waals surface area contributed by atoms with Gasteiger partial charge in [-0.25, -0.2) is 0 Å². The van der Waals surface area contributed by atoms with E-state index in [1.807, 2.05) is 18.2 Å². The van der Waals surface area contributed by atoms with Gasteiger partial charge < -0.3 is 10.1 Å². The smallest absolute Gasteiger partial charge is 0.416 e. The predicted molar refractivity (Wildman–Crippen MR) is 86.7 cm³/mol. The summed E-state index contributed by atoms with van der Waals surface area (Å²) in [6, 6.07) is 12.1. The number of anilines is 1. The van der Waals surface area contributed by atoms with E-state index in [1.54, 1.807) is 25.1 Å². The number of ether oxygens (including phenoxy) is 1. The van der Waals surface area contributed by atoms with Crippen molar-refractivity contribution in [3.05, 3.63) is 65.7 Å². The maximum Gasteiger partial charge on any atom is 0.416 e. The summed E-state index contributed by atoms with van der Waals surface area (Å²) in [4.78, 5) is 12.0. The van der Waals surface area contributed by atoms with Crippen molar-refractivity contribution in [3.8, 4) is 5.75 Å². The van der Waals surface area contributed by atoms with Gasteiger partial charge >= 0.3 is 6.18 Å². The molecule has 0 bridgehead atoms. The lowest BCUT2D eigenvalue weighted by molar-refractivity contribution is -0.137. The second-order valence-electron chi connectivity index (χ2n) is 4.87. The lowest BCUT2D eigenvalue weighted by atomic mass is 10.1. The van der Waals surface area contributed by atoms with Crippen LogP contribution in [-0.2, 0) is 11.0 Å². The molecule has 3 nitrogen and oxygen atoms in total. The van der Waals surface area contributed by atoms with E-state index in [9.17, 15) is 18.0 Å². The SMILES string of the molecule is CCOc1ccc(C(F)(F)F)cc1NC(=O)C=Cc1ccccc1. The zero-order chi connectivity index (χ0) is 17.6. The Morgan fingerprint density at radius 2 is 1.88 bits per heavy atom. The number of hydrogen-bond donors (Lipinski definition) is 1. The molecule has 6 heteroatoms. The Hall–Kier alpha value is -2.76. The number of alkyl halides is 3. The fourth-order valence-electron chi connectivity index (χ4n) is 2.00. The summed E-state index contributed by atoms with van der Waals surface area (Å²) in [6.45, 7) is 1.98. The second kappa shape index (κ2) is 7.68. The van der Waals surface area contributed by atoms with E-state index >= 15 is 0 Å². The molecule has 0 atom stereocenters. The van der Waals surface area contributed by atoms with Crippen LogP contribution < -0.4 is 10.1 Å². The van der Waals surface area contributed by atoms with Gasteiger partial charge in [-0.1, -0.05) is 30.3 Å². The first-order valence-electron chi connectivity index (χ1n) is 7.28. The van der Waals surface area contributed by atoms with Crippen molar-refractivity contribution in [3.63, 3.8) is 0 Å². The average Bonchev–Trinajstić information content (AvgIpc) is 2.55. The minimum absolute atomic E-state index is 0.0191. The van der Waals surface area contributed by atoms with Gasteiger partial charge in [-0.15, -0.1) is 0 Å². The Bertz CT molecular complexity index is 725. The molecule has 126 valence electrons. The maximum atomic E-state index is 12.8. The number of amides is 1. The standard InChI is InChI=1S/C18H16F3NO2/c1-2-24-16-10-9-14(18(19,20)21)12-15(16)22-17(23)11-8-13-6-4-3-5-7-13/h3-12H,2H2,1H3,(H,22,23). The van der Waals surface area contributed by atoms with Crippen LogP contribution >= 0.6 is 0 Å². The first-order chi connectivity index (χ1) is 11.4. The number of hydrogen-bond acceptors (Lipinski definition) is 2. The zero-order valence-electron chi connectivity index (χ0n) is 12.9. The minimum Gasteiger partial charge on any atom is -0.492 e. The third-order valence-electron chi connectivity index (χ3n) is 3.09. The van der Waals surface area contributed by atoms with Crippen LogP contribution in [0.25, 0.3) is 6.08 Å². The number of halogens is 3. The summed E-state index contributed by atoms with van der Waals surface area (Å²) in [5.41, 5.74) is -0.0654. The minimum atomic E-state index is -4.50. The van der Waals surface area contributed by atoms with Gasteiger partial charge in [0.15, 0.2) is 0 Å². The first-order valence-corrected chi connectivity index (χ1v) is 7.28. The number of rotatable bonds is 5. The van der Waals surface area contributed by atoms with E-state index in [2.05, 4.69) is 5.32 Å². The van der Waals surface area contributed by atoms with Crippen LogP contribution in [0.4, 0.5) is 18.9 Å². The molecule has 24 heavy (non-hydrogen) atoms. The molecule has 0 fully saturated rings. The molecule has 0 heterocycles. The fourth-order valence-corrected chi connectivity index (χ4v) is 2.00. The van der Waals surface area contributed by atoms with Gasteiger partial charge in [-0.2, -0.15) is 13.2 Å². The van der Waals surface area contributed by atoms with Crippen molar-refractivity contribution in [1.82, 2.24) is 0 Å². The van der Waals surface area contributed by atoms with Crippen LogP contribution in [0.2, 0.25) is 0 Å². The molecule has 0 saturated carbocycles. The molecule has 0 radical (unpaired) electrons. The monoisotopic (exact) mass is 335 g/mol. The van der Waals surface area contributed by atoms with E-state index < -0.39 is 17.6 Å². The second-order valence-corrected chi connectivity index (χ2v) is 4.87. The van der Waals surface area contributed by atoms with Crippen LogP contribution in [0.1, 0.15) is 18.1 Å². The highest BCUT2D eigenvalue weighted by Crippen LogP contribution is 2.35. The van der Waals surface area contributed by atoms with Crippen LogP contribution in [0.5, 0.6) is 5.75 Å². The quantitative estimate of drug-likeness (QED) is 0.800. The Morgan fingerprint density at radius 1 is 1.17 bits per heavy atom. The Balaban J connectivity index is 2.20.